The summed E-state index contributed by atoms with van der Waals surface area (Å²) < 4.78 is 38.6. The fraction of sp³-hybridized carbons (Fsp3) is 0.273. The van der Waals surface area contributed by atoms with E-state index in [4.69, 9.17) is 0 Å². The lowest BCUT2D eigenvalue weighted by molar-refractivity contribution is -0.123. The molecule has 0 aliphatic rings. The normalized spacial score (nSPS) is 10.0. The molecular weight excluding hydrogens is 249 g/mol. The van der Waals surface area contributed by atoms with E-state index in [0.717, 1.165) is 6.07 Å². The van der Waals surface area contributed by atoms with Crippen LogP contribution >= 0.6 is 0 Å². The van der Waals surface area contributed by atoms with Gasteiger partial charge in [-0.15, -0.1) is 0 Å². The van der Waals surface area contributed by atoms with Crippen LogP contribution in [0.2, 0.25) is 0 Å². The SMILES string of the molecule is CCC(=O)NCC(=O)Nc1ccc(F)c(F)c1F. The summed E-state index contributed by atoms with van der Waals surface area (Å²) in [5, 5.41) is 4.28. The highest BCUT2D eigenvalue weighted by molar-refractivity contribution is 5.94. The van der Waals surface area contributed by atoms with Crippen molar-refractivity contribution in [1.82, 2.24) is 5.32 Å². The van der Waals surface area contributed by atoms with E-state index in [9.17, 15) is 22.8 Å². The zero-order chi connectivity index (χ0) is 13.7. The molecule has 2 amide bonds. The van der Waals surface area contributed by atoms with E-state index < -0.39 is 29.0 Å². The third kappa shape index (κ3) is 3.47. The van der Waals surface area contributed by atoms with E-state index >= 15 is 0 Å². The molecule has 0 saturated heterocycles. The number of nitrogens with one attached hydrogen (secondary N) is 2. The van der Waals surface area contributed by atoms with Crippen molar-refractivity contribution in [2.24, 2.45) is 0 Å². The van der Waals surface area contributed by atoms with Crippen LogP contribution < -0.4 is 10.6 Å². The summed E-state index contributed by atoms with van der Waals surface area (Å²) in [5.74, 6) is -5.57. The van der Waals surface area contributed by atoms with E-state index in [1.54, 1.807) is 6.92 Å². The van der Waals surface area contributed by atoms with Crippen LogP contribution in [0.4, 0.5) is 18.9 Å². The van der Waals surface area contributed by atoms with Crippen molar-refractivity contribution in [2.75, 3.05) is 11.9 Å². The lowest BCUT2D eigenvalue weighted by Gasteiger charge is -2.07. The summed E-state index contributed by atoms with van der Waals surface area (Å²) in [6, 6.07) is 1.59. The monoisotopic (exact) mass is 260 g/mol. The Morgan fingerprint density at radius 1 is 1.11 bits per heavy atom. The smallest absolute Gasteiger partial charge is 0.243 e. The molecule has 18 heavy (non-hydrogen) atoms. The second-order valence-corrected chi connectivity index (χ2v) is 3.40. The standard InChI is InChI=1S/C11H11F3N2O2/c1-2-8(17)15-5-9(18)16-7-4-3-6(12)10(13)11(7)14/h3-4H,2,5H2,1H3,(H,15,17)(H,16,18). The molecule has 4 nitrogen and oxygen atoms in total. The number of carbonyl (C=O) groups is 2. The molecular formula is C11H11F3N2O2. The first kappa shape index (κ1) is 14.0. The van der Waals surface area contributed by atoms with Crippen molar-refractivity contribution in [1.29, 1.82) is 0 Å². The van der Waals surface area contributed by atoms with Crippen LogP contribution in [0.1, 0.15) is 13.3 Å². The van der Waals surface area contributed by atoms with Gasteiger partial charge in [0.15, 0.2) is 17.5 Å². The molecule has 0 aromatic heterocycles. The molecule has 1 rings (SSSR count). The van der Waals surface area contributed by atoms with Gasteiger partial charge in [-0.25, -0.2) is 13.2 Å². The Kier molecular flexibility index (Phi) is 4.70. The maximum atomic E-state index is 13.2. The minimum absolute atomic E-state index is 0.201. The van der Waals surface area contributed by atoms with Gasteiger partial charge in [0.05, 0.1) is 12.2 Å². The van der Waals surface area contributed by atoms with Gasteiger partial charge in [0.2, 0.25) is 11.8 Å². The van der Waals surface area contributed by atoms with Crippen molar-refractivity contribution in [3.63, 3.8) is 0 Å². The third-order valence-electron chi connectivity index (χ3n) is 2.08. The van der Waals surface area contributed by atoms with Crippen LogP contribution in [-0.2, 0) is 9.59 Å². The molecule has 0 aliphatic carbocycles. The highest BCUT2D eigenvalue weighted by Crippen LogP contribution is 2.19. The van der Waals surface area contributed by atoms with Gasteiger partial charge in [0.25, 0.3) is 0 Å². The number of amides is 2. The summed E-state index contributed by atoms with van der Waals surface area (Å²) in [4.78, 5) is 22.1. The highest BCUT2D eigenvalue weighted by atomic mass is 19.2. The van der Waals surface area contributed by atoms with Crippen LogP contribution in [0.15, 0.2) is 12.1 Å². The molecule has 98 valence electrons. The number of halogens is 3. The van der Waals surface area contributed by atoms with Crippen LogP contribution in [-0.4, -0.2) is 18.4 Å². The Balaban J connectivity index is 2.65. The molecule has 1 aromatic carbocycles. The Morgan fingerprint density at radius 3 is 2.39 bits per heavy atom. The number of hydrogen-bond donors (Lipinski definition) is 2. The maximum Gasteiger partial charge on any atom is 0.243 e. The summed E-state index contributed by atoms with van der Waals surface area (Å²) >= 11 is 0. The average Bonchev–Trinajstić information content (AvgIpc) is 2.36. The molecule has 0 aliphatic heterocycles. The second kappa shape index (κ2) is 6.04. The van der Waals surface area contributed by atoms with Crippen molar-refractivity contribution < 1.29 is 22.8 Å². The van der Waals surface area contributed by atoms with Crippen LogP contribution in [0.5, 0.6) is 0 Å². The predicted molar refractivity (Wildman–Crippen MR) is 58.2 cm³/mol. The van der Waals surface area contributed by atoms with Gasteiger partial charge in [-0.05, 0) is 12.1 Å². The van der Waals surface area contributed by atoms with Crippen LogP contribution in [0.25, 0.3) is 0 Å². The van der Waals surface area contributed by atoms with Gasteiger partial charge in [-0.2, -0.15) is 0 Å². The Labute approximate surface area is 101 Å². The van der Waals surface area contributed by atoms with Crippen molar-refractivity contribution in [2.45, 2.75) is 13.3 Å². The lowest BCUT2D eigenvalue weighted by atomic mass is 10.2. The lowest BCUT2D eigenvalue weighted by Crippen LogP contribution is -2.32. The van der Waals surface area contributed by atoms with E-state index in [2.05, 4.69) is 5.32 Å². The van der Waals surface area contributed by atoms with Gasteiger partial charge in [-0.3, -0.25) is 9.59 Å². The molecule has 0 fully saturated rings. The highest BCUT2D eigenvalue weighted by Gasteiger charge is 2.15. The van der Waals surface area contributed by atoms with Gasteiger partial charge >= 0.3 is 0 Å². The first-order chi connectivity index (χ1) is 8.45. The molecule has 2 N–H and O–H groups in total. The summed E-state index contributed by atoms with van der Waals surface area (Å²) in [6.45, 7) is 1.23. The number of hydrogen-bond acceptors (Lipinski definition) is 2. The second-order valence-electron chi connectivity index (χ2n) is 3.40. The van der Waals surface area contributed by atoms with Crippen LogP contribution in [0, 0.1) is 17.5 Å². The molecule has 0 spiro atoms. The van der Waals surface area contributed by atoms with Gasteiger partial charge in [0.1, 0.15) is 0 Å². The van der Waals surface area contributed by atoms with Gasteiger partial charge in [0, 0.05) is 6.42 Å². The summed E-state index contributed by atoms with van der Waals surface area (Å²) in [5.41, 5.74) is -0.482. The van der Waals surface area contributed by atoms with E-state index in [-0.39, 0.29) is 18.9 Å². The largest absolute Gasteiger partial charge is 0.347 e. The molecule has 0 heterocycles. The Hall–Kier alpha value is -2.05. The maximum absolute atomic E-state index is 13.2. The topological polar surface area (TPSA) is 58.2 Å². The molecule has 7 heteroatoms. The van der Waals surface area contributed by atoms with Gasteiger partial charge < -0.3 is 10.6 Å². The molecule has 0 bridgehead atoms. The summed E-state index contributed by atoms with van der Waals surface area (Å²) in [7, 11) is 0. The number of anilines is 1. The van der Waals surface area contributed by atoms with Crippen molar-refractivity contribution in [3.05, 3.63) is 29.6 Å². The van der Waals surface area contributed by atoms with Crippen LogP contribution in [0.3, 0.4) is 0 Å². The Bertz CT molecular complexity index is 478. The molecule has 0 radical (unpaired) electrons. The molecule has 1 aromatic rings. The van der Waals surface area contributed by atoms with E-state index in [1.165, 1.54) is 0 Å². The van der Waals surface area contributed by atoms with Crippen molar-refractivity contribution in [3.8, 4) is 0 Å². The average molecular weight is 260 g/mol. The molecule has 0 unspecified atom stereocenters. The zero-order valence-electron chi connectivity index (χ0n) is 9.52. The van der Waals surface area contributed by atoms with Gasteiger partial charge in [-0.1, -0.05) is 6.92 Å². The zero-order valence-corrected chi connectivity index (χ0v) is 9.52. The number of rotatable bonds is 4. The summed E-state index contributed by atoms with van der Waals surface area (Å²) in [6.07, 6.45) is 0.201. The predicted octanol–water partition coefficient (Wildman–Crippen LogP) is 1.57. The fourth-order valence-electron chi connectivity index (χ4n) is 1.12. The third-order valence-corrected chi connectivity index (χ3v) is 2.08. The van der Waals surface area contributed by atoms with E-state index in [0.29, 0.717) is 6.07 Å². The van der Waals surface area contributed by atoms with E-state index in [1.807, 2.05) is 5.32 Å². The fourth-order valence-corrected chi connectivity index (χ4v) is 1.12. The molecule has 0 saturated carbocycles. The minimum Gasteiger partial charge on any atom is -0.347 e. The Morgan fingerprint density at radius 2 is 1.78 bits per heavy atom. The number of benzene rings is 1. The first-order valence-electron chi connectivity index (χ1n) is 5.15. The quantitative estimate of drug-likeness (QED) is 0.807. The number of carbonyl (C=O) groups excluding carboxylic acids is 2. The molecule has 0 atom stereocenters. The minimum atomic E-state index is -1.66. The van der Waals surface area contributed by atoms with Crippen molar-refractivity contribution >= 4 is 17.5 Å². The first-order valence-corrected chi connectivity index (χ1v) is 5.15.